The van der Waals surface area contributed by atoms with Crippen molar-refractivity contribution in [1.29, 1.82) is 5.26 Å². The van der Waals surface area contributed by atoms with Gasteiger partial charge in [-0.05, 0) is 32.2 Å². The van der Waals surface area contributed by atoms with E-state index < -0.39 is 0 Å². The van der Waals surface area contributed by atoms with Gasteiger partial charge in [-0.25, -0.2) is 0 Å². The molecule has 13 heavy (non-hydrogen) atoms. The van der Waals surface area contributed by atoms with E-state index in [4.69, 9.17) is 11.0 Å². The van der Waals surface area contributed by atoms with Gasteiger partial charge >= 0.3 is 0 Å². The van der Waals surface area contributed by atoms with Gasteiger partial charge in [0.25, 0.3) is 0 Å². The maximum atomic E-state index is 8.60. The van der Waals surface area contributed by atoms with E-state index in [0.717, 1.165) is 19.0 Å². The Morgan fingerprint density at radius 3 is 2.85 bits per heavy atom. The molecule has 0 aliphatic carbocycles. The molecule has 0 aromatic rings. The van der Waals surface area contributed by atoms with Crippen LogP contribution in [0.1, 0.15) is 26.7 Å². The molecule has 1 aliphatic rings. The molecule has 1 saturated heterocycles. The minimum Gasteiger partial charge on any atom is -0.315 e. The van der Waals surface area contributed by atoms with Crippen LogP contribution in [-0.2, 0) is 0 Å². The molecular formula is C10H19N3. The molecule has 0 spiro atoms. The molecular weight excluding hydrogens is 162 g/mol. The first-order chi connectivity index (χ1) is 6.13. The van der Waals surface area contributed by atoms with E-state index in [0.29, 0.717) is 6.04 Å². The zero-order valence-electron chi connectivity index (χ0n) is 8.53. The fraction of sp³-hybridized carbons (Fsp3) is 0.900. The van der Waals surface area contributed by atoms with Gasteiger partial charge in [-0.3, -0.25) is 4.90 Å². The smallest absolute Gasteiger partial charge is 0.106 e. The number of nitrogens with zero attached hydrogens (tertiary/aromatic N) is 2. The SMILES string of the molecule is CC1CCN(CC(N)C#N)C(C)C1. The third-order valence-corrected chi connectivity index (χ3v) is 2.87. The van der Waals surface area contributed by atoms with E-state index in [9.17, 15) is 0 Å². The van der Waals surface area contributed by atoms with Crippen molar-refractivity contribution >= 4 is 0 Å². The number of rotatable bonds is 2. The molecule has 2 N–H and O–H groups in total. The van der Waals surface area contributed by atoms with Gasteiger partial charge in [0.1, 0.15) is 6.04 Å². The molecule has 0 radical (unpaired) electrons. The first-order valence-electron chi connectivity index (χ1n) is 5.02. The molecule has 0 saturated carbocycles. The third kappa shape index (κ3) is 2.98. The molecule has 1 fully saturated rings. The Morgan fingerprint density at radius 1 is 1.62 bits per heavy atom. The first kappa shape index (κ1) is 10.5. The molecule has 3 atom stereocenters. The minimum absolute atomic E-state index is 0.323. The molecule has 1 heterocycles. The van der Waals surface area contributed by atoms with Crippen LogP contribution in [0.3, 0.4) is 0 Å². The van der Waals surface area contributed by atoms with Crippen LogP contribution >= 0.6 is 0 Å². The second kappa shape index (κ2) is 4.59. The molecule has 0 bridgehead atoms. The quantitative estimate of drug-likeness (QED) is 0.690. The normalized spacial score (nSPS) is 32.5. The second-order valence-electron chi connectivity index (χ2n) is 4.21. The maximum Gasteiger partial charge on any atom is 0.106 e. The Labute approximate surface area is 80.5 Å². The van der Waals surface area contributed by atoms with Crippen LogP contribution < -0.4 is 5.73 Å². The molecule has 1 rings (SSSR count). The Hall–Kier alpha value is -0.590. The number of hydrogen-bond donors (Lipinski definition) is 1. The first-order valence-corrected chi connectivity index (χ1v) is 5.02. The highest BCUT2D eigenvalue weighted by atomic mass is 15.2. The molecule has 3 heteroatoms. The summed E-state index contributed by atoms with van der Waals surface area (Å²) in [6.07, 6.45) is 2.47. The van der Waals surface area contributed by atoms with Crippen LogP contribution in [-0.4, -0.2) is 30.1 Å². The van der Waals surface area contributed by atoms with Gasteiger partial charge in [0, 0.05) is 12.6 Å². The van der Waals surface area contributed by atoms with Gasteiger partial charge in [0.05, 0.1) is 6.07 Å². The van der Waals surface area contributed by atoms with E-state index in [-0.39, 0.29) is 6.04 Å². The summed E-state index contributed by atoms with van der Waals surface area (Å²) in [4.78, 5) is 2.33. The molecule has 1 aliphatic heterocycles. The fourth-order valence-electron chi connectivity index (χ4n) is 2.02. The largest absolute Gasteiger partial charge is 0.315 e. The summed E-state index contributed by atoms with van der Waals surface area (Å²) in [6.45, 7) is 6.33. The van der Waals surface area contributed by atoms with Crippen molar-refractivity contribution in [3.8, 4) is 6.07 Å². The predicted molar refractivity (Wildman–Crippen MR) is 53.0 cm³/mol. The van der Waals surface area contributed by atoms with Crippen LogP contribution in [0, 0.1) is 17.2 Å². The molecule has 0 aromatic heterocycles. The van der Waals surface area contributed by atoms with Crippen molar-refractivity contribution in [2.24, 2.45) is 11.7 Å². The van der Waals surface area contributed by atoms with Crippen molar-refractivity contribution in [2.75, 3.05) is 13.1 Å². The Morgan fingerprint density at radius 2 is 2.31 bits per heavy atom. The van der Waals surface area contributed by atoms with Gasteiger partial charge in [-0.2, -0.15) is 5.26 Å². The second-order valence-corrected chi connectivity index (χ2v) is 4.21. The Balaban J connectivity index is 2.39. The molecule has 74 valence electrons. The van der Waals surface area contributed by atoms with E-state index in [1.54, 1.807) is 0 Å². The van der Waals surface area contributed by atoms with Gasteiger partial charge in [-0.1, -0.05) is 6.92 Å². The Kier molecular flexibility index (Phi) is 3.71. The lowest BCUT2D eigenvalue weighted by atomic mass is 9.93. The summed E-state index contributed by atoms with van der Waals surface area (Å²) in [5, 5.41) is 8.60. The summed E-state index contributed by atoms with van der Waals surface area (Å²) in [5.41, 5.74) is 5.60. The molecule has 3 unspecified atom stereocenters. The standard InChI is InChI=1S/C10H19N3/c1-8-3-4-13(9(2)5-8)7-10(12)6-11/h8-10H,3-5,7,12H2,1-2H3. The number of piperidine rings is 1. The van der Waals surface area contributed by atoms with Crippen molar-refractivity contribution < 1.29 is 0 Å². The summed E-state index contributed by atoms with van der Waals surface area (Å²) in [5.74, 6) is 0.824. The Bertz CT molecular complexity index is 197. The van der Waals surface area contributed by atoms with E-state index in [1.807, 2.05) is 0 Å². The minimum atomic E-state index is -0.323. The van der Waals surface area contributed by atoms with Crippen molar-refractivity contribution in [1.82, 2.24) is 4.90 Å². The maximum absolute atomic E-state index is 8.60. The summed E-state index contributed by atoms with van der Waals surface area (Å²) in [6, 6.07) is 2.34. The van der Waals surface area contributed by atoms with E-state index in [2.05, 4.69) is 24.8 Å². The zero-order chi connectivity index (χ0) is 9.84. The van der Waals surface area contributed by atoms with Crippen molar-refractivity contribution in [3.05, 3.63) is 0 Å². The van der Waals surface area contributed by atoms with Crippen molar-refractivity contribution in [2.45, 2.75) is 38.8 Å². The highest BCUT2D eigenvalue weighted by Gasteiger charge is 2.23. The van der Waals surface area contributed by atoms with Crippen LogP contribution in [0.25, 0.3) is 0 Å². The average molecular weight is 181 g/mol. The van der Waals surface area contributed by atoms with Crippen LogP contribution in [0.15, 0.2) is 0 Å². The lowest BCUT2D eigenvalue weighted by Gasteiger charge is -2.36. The molecule has 0 amide bonds. The number of likely N-dealkylation sites (tertiary alicyclic amines) is 1. The summed E-state index contributed by atoms with van der Waals surface area (Å²) >= 11 is 0. The van der Waals surface area contributed by atoms with Gasteiger partial charge in [0.15, 0.2) is 0 Å². The van der Waals surface area contributed by atoms with Crippen LogP contribution in [0.4, 0.5) is 0 Å². The average Bonchev–Trinajstić information content (AvgIpc) is 2.09. The zero-order valence-corrected chi connectivity index (χ0v) is 8.53. The highest BCUT2D eigenvalue weighted by molar-refractivity contribution is 4.91. The number of nitrogens with two attached hydrogens (primary N) is 1. The highest BCUT2D eigenvalue weighted by Crippen LogP contribution is 2.21. The van der Waals surface area contributed by atoms with Gasteiger partial charge in [-0.15, -0.1) is 0 Å². The monoisotopic (exact) mass is 181 g/mol. The lowest BCUT2D eigenvalue weighted by Crippen LogP contribution is -2.45. The lowest BCUT2D eigenvalue weighted by molar-refractivity contribution is 0.127. The van der Waals surface area contributed by atoms with E-state index in [1.165, 1.54) is 12.8 Å². The molecule has 3 nitrogen and oxygen atoms in total. The molecule has 0 aromatic carbocycles. The summed E-state index contributed by atoms with van der Waals surface area (Å²) < 4.78 is 0. The third-order valence-electron chi connectivity index (χ3n) is 2.87. The van der Waals surface area contributed by atoms with Gasteiger partial charge < -0.3 is 5.73 Å². The summed E-state index contributed by atoms with van der Waals surface area (Å²) in [7, 11) is 0. The van der Waals surface area contributed by atoms with E-state index >= 15 is 0 Å². The predicted octanol–water partition coefficient (Wildman–Crippen LogP) is 0.958. The van der Waals surface area contributed by atoms with Crippen molar-refractivity contribution in [3.63, 3.8) is 0 Å². The topological polar surface area (TPSA) is 53.0 Å². The number of nitriles is 1. The number of hydrogen-bond acceptors (Lipinski definition) is 3. The van der Waals surface area contributed by atoms with Crippen LogP contribution in [0.2, 0.25) is 0 Å². The fourth-order valence-corrected chi connectivity index (χ4v) is 2.02. The van der Waals surface area contributed by atoms with Gasteiger partial charge in [0.2, 0.25) is 0 Å². The van der Waals surface area contributed by atoms with Crippen LogP contribution in [0.5, 0.6) is 0 Å².